The van der Waals surface area contributed by atoms with E-state index in [0.717, 1.165) is 0 Å². The average Bonchev–Trinajstić information content (AvgIpc) is 3.07. The summed E-state index contributed by atoms with van der Waals surface area (Å²) in [4.78, 5) is 26.5. The lowest BCUT2D eigenvalue weighted by Crippen LogP contribution is -2.41. The van der Waals surface area contributed by atoms with Crippen LogP contribution in [0.15, 0.2) is 53.0 Å². The maximum Gasteiger partial charge on any atom is 0.328 e. The molecule has 2 aromatic rings. The van der Waals surface area contributed by atoms with E-state index in [2.05, 4.69) is 15.9 Å². The fourth-order valence-electron chi connectivity index (χ4n) is 2.98. The van der Waals surface area contributed by atoms with Crippen LogP contribution in [0.4, 0.5) is 4.39 Å². The van der Waals surface area contributed by atoms with Crippen molar-refractivity contribution in [2.24, 2.45) is 0 Å². The standard InChI is InChI=1S/C19H17BrFNO4/c1-25-19(24)16-10-12(26-17-9-5-4-8-15(17)21)11-22(16)18(23)13-6-2-3-7-14(13)20/h2-9,12,16H,10-11H2,1H3/t12-,16-/m1/s1. The fraction of sp³-hybridized carbons (Fsp3) is 0.263. The molecule has 0 unspecified atom stereocenters. The summed E-state index contributed by atoms with van der Waals surface area (Å²) in [5.41, 5.74) is 0.438. The molecule has 136 valence electrons. The molecule has 2 aromatic carbocycles. The zero-order valence-electron chi connectivity index (χ0n) is 14.0. The molecule has 0 aromatic heterocycles. The third-order valence-corrected chi connectivity index (χ3v) is 4.92. The number of carbonyl (C=O) groups excluding carboxylic acids is 2. The molecule has 26 heavy (non-hydrogen) atoms. The highest BCUT2D eigenvalue weighted by Crippen LogP contribution is 2.28. The van der Waals surface area contributed by atoms with Crippen LogP contribution in [0.3, 0.4) is 0 Å². The number of benzene rings is 2. The number of likely N-dealkylation sites (tertiary alicyclic amines) is 1. The van der Waals surface area contributed by atoms with Crippen molar-refractivity contribution in [3.8, 4) is 5.75 Å². The van der Waals surface area contributed by atoms with Gasteiger partial charge < -0.3 is 14.4 Å². The first-order valence-electron chi connectivity index (χ1n) is 8.05. The lowest BCUT2D eigenvalue weighted by molar-refractivity contribution is -0.145. The number of nitrogens with zero attached hydrogens (tertiary/aromatic N) is 1. The van der Waals surface area contributed by atoms with Gasteiger partial charge in [-0.15, -0.1) is 0 Å². The molecule has 2 atom stereocenters. The van der Waals surface area contributed by atoms with Gasteiger partial charge in [-0.1, -0.05) is 24.3 Å². The van der Waals surface area contributed by atoms with Crippen LogP contribution in [0.25, 0.3) is 0 Å². The van der Waals surface area contributed by atoms with Crippen molar-refractivity contribution in [3.63, 3.8) is 0 Å². The lowest BCUT2D eigenvalue weighted by Gasteiger charge is -2.22. The van der Waals surface area contributed by atoms with Crippen LogP contribution in [-0.4, -0.2) is 42.6 Å². The van der Waals surface area contributed by atoms with Gasteiger partial charge in [-0.25, -0.2) is 9.18 Å². The van der Waals surface area contributed by atoms with Gasteiger partial charge in [-0.05, 0) is 40.2 Å². The van der Waals surface area contributed by atoms with Crippen LogP contribution in [0.5, 0.6) is 5.75 Å². The summed E-state index contributed by atoms with van der Waals surface area (Å²) < 4.78 is 25.0. The van der Waals surface area contributed by atoms with E-state index in [1.807, 2.05) is 0 Å². The Morgan fingerprint density at radius 1 is 1.15 bits per heavy atom. The molecular formula is C19H17BrFNO4. The first-order valence-corrected chi connectivity index (χ1v) is 8.85. The Morgan fingerprint density at radius 3 is 2.54 bits per heavy atom. The molecule has 0 saturated carbocycles. The molecule has 3 rings (SSSR count). The van der Waals surface area contributed by atoms with Crippen LogP contribution < -0.4 is 4.74 Å². The number of halogens is 2. The van der Waals surface area contributed by atoms with Gasteiger partial charge in [-0.2, -0.15) is 0 Å². The van der Waals surface area contributed by atoms with Crippen LogP contribution >= 0.6 is 15.9 Å². The highest BCUT2D eigenvalue weighted by molar-refractivity contribution is 9.10. The number of para-hydroxylation sites is 1. The molecule has 5 nitrogen and oxygen atoms in total. The van der Waals surface area contributed by atoms with Gasteiger partial charge >= 0.3 is 5.97 Å². The number of esters is 1. The minimum absolute atomic E-state index is 0.0938. The molecule has 0 N–H and O–H groups in total. The van der Waals surface area contributed by atoms with E-state index in [1.54, 1.807) is 36.4 Å². The summed E-state index contributed by atoms with van der Waals surface area (Å²) in [5, 5.41) is 0. The number of methoxy groups -OCH3 is 1. The summed E-state index contributed by atoms with van der Waals surface area (Å²) in [5.74, 6) is -1.23. The van der Waals surface area contributed by atoms with E-state index in [0.29, 0.717) is 10.0 Å². The van der Waals surface area contributed by atoms with Crippen LogP contribution in [0.1, 0.15) is 16.8 Å². The second kappa shape index (κ2) is 7.86. The average molecular weight is 422 g/mol. The molecule has 0 radical (unpaired) electrons. The Hall–Kier alpha value is -2.41. The van der Waals surface area contributed by atoms with E-state index in [9.17, 15) is 14.0 Å². The molecule has 1 amide bonds. The number of amides is 1. The van der Waals surface area contributed by atoms with Gasteiger partial charge in [0.2, 0.25) is 0 Å². The predicted molar refractivity (Wildman–Crippen MR) is 96.4 cm³/mol. The zero-order chi connectivity index (χ0) is 18.7. The molecule has 1 aliphatic rings. The topological polar surface area (TPSA) is 55.8 Å². The monoisotopic (exact) mass is 421 g/mol. The Kier molecular flexibility index (Phi) is 5.56. The van der Waals surface area contributed by atoms with Crippen LogP contribution in [-0.2, 0) is 9.53 Å². The Bertz CT molecular complexity index is 829. The molecule has 0 spiro atoms. The van der Waals surface area contributed by atoms with E-state index in [1.165, 1.54) is 24.1 Å². The SMILES string of the molecule is COC(=O)[C@H]1C[C@@H](Oc2ccccc2F)CN1C(=O)c1ccccc1Br. The van der Waals surface area contributed by atoms with Crippen molar-refractivity contribution < 1.29 is 23.5 Å². The normalized spacial score (nSPS) is 19.3. The van der Waals surface area contributed by atoms with Crippen molar-refractivity contribution >= 4 is 27.8 Å². The first-order chi connectivity index (χ1) is 12.5. The highest BCUT2D eigenvalue weighted by atomic mass is 79.9. The summed E-state index contributed by atoms with van der Waals surface area (Å²) in [7, 11) is 1.27. The first kappa shape index (κ1) is 18.4. The predicted octanol–water partition coefficient (Wildman–Crippen LogP) is 3.42. The Balaban J connectivity index is 1.83. The quantitative estimate of drug-likeness (QED) is 0.709. The number of ether oxygens (including phenoxy) is 2. The smallest absolute Gasteiger partial charge is 0.328 e. The maximum absolute atomic E-state index is 13.8. The van der Waals surface area contributed by atoms with Crippen molar-refractivity contribution in [1.29, 1.82) is 0 Å². The molecule has 1 aliphatic heterocycles. The van der Waals surface area contributed by atoms with Crippen molar-refractivity contribution in [2.75, 3.05) is 13.7 Å². The molecule has 7 heteroatoms. The number of carbonyl (C=O) groups is 2. The molecular weight excluding hydrogens is 405 g/mol. The summed E-state index contributed by atoms with van der Waals surface area (Å²) in [6.07, 6.45) is -0.278. The summed E-state index contributed by atoms with van der Waals surface area (Å²) in [6.45, 7) is 0.161. The molecule has 0 aliphatic carbocycles. The largest absolute Gasteiger partial charge is 0.485 e. The number of rotatable bonds is 4. The Morgan fingerprint density at radius 2 is 1.85 bits per heavy atom. The molecule has 1 saturated heterocycles. The highest BCUT2D eigenvalue weighted by Gasteiger charge is 2.42. The van der Waals surface area contributed by atoms with E-state index >= 15 is 0 Å². The molecule has 0 bridgehead atoms. The maximum atomic E-state index is 13.8. The summed E-state index contributed by atoms with van der Waals surface area (Å²) in [6, 6.07) is 12.2. The van der Waals surface area contributed by atoms with E-state index in [-0.39, 0.29) is 24.6 Å². The van der Waals surface area contributed by atoms with Gasteiger partial charge in [0.05, 0.1) is 19.2 Å². The summed E-state index contributed by atoms with van der Waals surface area (Å²) >= 11 is 3.35. The van der Waals surface area contributed by atoms with Crippen molar-refractivity contribution in [1.82, 2.24) is 4.90 Å². The van der Waals surface area contributed by atoms with Gasteiger partial charge in [-0.3, -0.25) is 4.79 Å². The van der Waals surface area contributed by atoms with E-state index in [4.69, 9.17) is 9.47 Å². The van der Waals surface area contributed by atoms with Crippen LogP contribution in [0.2, 0.25) is 0 Å². The van der Waals surface area contributed by atoms with E-state index < -0.39 is 23.9 Å². The number of hydrogen-bond donors (Lipinski definition) is 0. The van der Waals surface area contributed by atoms with Gasteiger partial charge in [0.15, 0.2) is 11.6 Å². The minimum atomic E-state index is -0.781. The van der Waals surface area contributed by atoms with Gasteiger partial charge in [0.25, 0.3) is 5.91 Å². The third kappa shape index (κ3) is 3.72. The second-order valence-electron chi connectivity index (χ2n) is 5.88. The second-order valence-corrected chi connectivity index (χ2v) is 6.74. The van der Waals surface area contributed by atoms with Gasteiger partial charge in [0, 0.05) is 10.9 Å². The van der Waals surface area contributed by atoms with Gasteiger partial charge in [0.1, 0.15) is 12.1 Å². The lowest BCUT2D eigenvalue weighted by atomic mass is 10.1. The molecule has 1 fully saturated rings. The number of hydrogen-bond acceptors (Lipinski definition) is 4. The van der Waals surface area contributed by atoms with Crippen LogP contribution in [0, 0.1) is 5.82 Å². The minimum Gasteiger partial charge on any atom is -0.485 e. The fourth-order valence-corrected chi connectivity index (χ4v) is 3.43. The third-order valence-electron chi connectivity index (χ3n) is 4.23. The van der Waals surface area contributed by atoms with Crippen molar-refractivity contribution in [3.05, 3.63) is 64.4 Å². The zero-order valence-corrected chi connectivity index (χ0v) is 15.6. The van der Waals surface area contributed by atoms with Crippen molar-refractivity contribution in [2.45, 2.75) is 18.6 Å². The Labute approximate surface area is 158 Å². The molecule has 1 heterocycles.